The van der Waals surface area contributed by atoms with E-state index in [1.54, 1.807) is 7.05 Å². The predicted molar refractivity (Wildman–Crippen MR) is 103 cm³/mol. The molecule has 0 saturated carbocycles. The topological polar surface area (TPSA) is 74.1 Å². The summed E-state index contributed by atoms with van der Waals surface area (Å²) in [7, 11) is 3.19. The average Bonchev–Trinajstić information content (AvgIpc) is 3.28. The van der Waals surface area contributed by atoms with Gasteiger partial charge in [0.2, 0.25) is 0 Å². The molecule has 0 aliphatic carbocycles. The number of aromatic nitrogens is 3. The third kappa shape index (κ3) is 2.02. The van der Waals surface area contributed by atoms with E-state index in [0.717, 1.165) is 33.2 Å². The van der Waals surface area contributed by atoms with Gasteiger partial charge in [-0.2, -0.15) is 0 Å². The first kappa shape index (κ1) is 15.7. The smallest absolute Gasteiger partial charge is 0.331 e. The van der Waals surface area contributed by atoms with Crippen molar-refractivity contribution in [1.29, 1.82) is 0 Å². The Kier molecular flexibility index (Phi) is 3.07. The molecule has 1 N–H and O–H groups in total. The van der Waals surface area contributed by atoms with Crippen LogP contribution in [0.2, 0.25) is 0 Å². The first-order valence-electron chi connectivity index (χ1n) is 8.70. The zero-order valence-electron chi connectivity index (χ0n) is 15.2. The van der Waals surface area contributed by atoms with Crippen LogP contribution in [0.4, 0.5) is 5.69 Å². The third-order valence-electron chi connectivity index (χ3n) is 5.24. The van der Waals surface area contributed by atoms with Crippen molar-refractivity contribution in [2.24, 2.45) is 14.1 Å². The van der Waals surface area contributed by atoms with Gasteiger partial charge in [0, 0.05) is 20.3 Å². The molecule has 1 aliphatic heterocycles. The molecule has 1 atom stereocenters. The van der Waals surface area contributed by atoms with E-state index in [4.69, 9.17) is 4.42 Å². The highest BCUT2D eigenvalue weighted by Gasteiger charge is 2.32. The number of nitrogens with one attached hydrogen (secondary N) is 1. The van der Waals surface area contributed by atoms with Crippen LogP contribution in [-0.4, -0.2) is 13.7 Å². The maximum atomic E-state index is 12.8. The monoisotopic (exact) mass is 362 g/mol. The molecule has 1 aromatic carbocycles. The molecule has 4 aromatic rings. The molecule has 0 saturated heterocycles. The van der Waals surface area contributed by atoms with Gasteiger partial charge in [-0.1, -0.05) is 12.1 Å². The van der Waals surface area contributed by atoms with E-state index in [1.807, 2.05) is 54.1 Å². The first-order chi connectivity index (χ1) is 13.0. The summed E-state index contributed by atoms with van der Waals surface area (Å²) in [6, 6.07) is 11.4. The van der Waals surface area contributed by atoms with Crippen LogP contribution in [0.1, 0.15) is 23.3 Å². The highest BCUT2D eigenvalue weighted by Crippen LogP contribution is 2.40. The number of hydrogen-bond acceptors (Lipinski definition) is 4. The van der Waals surface area contributed by atoms with Crippen molar-refractivity contribution in [2.45, 2.75) is 13.0 Å². The zero-order valence-corrected chi connectivity index (χ0v) is 15.2. The second-order valence-electron chi connectivity index (χ2n) is 6.90. The minimum atomic E-state index is -0.352. The molecule has 5 rings (SSSR count). The SMILES string of the molecule is Cc1ccc(C2Nc3ccccc3-n3cc4c(=O)n(C)c(=O)n(C)c4c32)o1. The Hall–Kier alpha value is -3.48. The van der Waals surface area contributed by atoms with E-state index in [1.165, 1.54) is 11.6 Å². The molecule has 1 unspecified atom stereocenters. The molecule has 1 aliphatic rings. The quantitative estimate of drug-likeness (QED) is 0.564. The van der Waals surface area contributed by atoms with Crippen LogP contribution in [0.15, 0.2) is 56.6 Å². The van der Waals surface area contributed by atoms with Crippen molar-refractivity contribution < 1.29 is 4.42 Å². The highest BCUT2D eigenvalue weighted by atomic mass is 16.3. The number of furan rings is 1. The molecule has 0 bridgehead atoms. The molecule has 3 aromatic heterocycles. The summed E-state index contributed by atoms with van der Waals surface area (Å²) in [5.74, 6) is 1.54. The Balaban J connectivity index is 1.95. The minimum Gasteiger partial charge on any atom is -0.464 e. The van der Waals surface area contributed by atoms with Crippen LogP contribution >= 0.6 is 0 Å². The van der Waals surface area contributed by atoms with E-state index in [0.29, 0.717) is 10.9 Å². The number of anilines is 1. The summed E-state index contributed by atoms with van der Waals surface area (Å²) < 4.78 is 10.5. The van der Waals surface area contributed by atoms with Crippen molar-refractivity contribution in [3.8, 4) is 5.69 Å². The van der Waals surface area contributed by atoms with E-state index in [9.17, 15) is 9.59 Å². The number of aryl methyl sites for hydroxylation is 2. The van der Waals surface area contributed by atoms with Gasteiger partial charge in [0.25, 0.3) is 5.56 Å². The molecule has 0 fully saturated rings. The van der Waals surface area contributed by atoms with Gasteiger partial charge >= 0.3 is 5.69 Å². The average molecular weight is 362 g/mol. The van der Waals surface area contributed by atoms with Crippen molar-refractivity contribution >= 4 is 16.6 Å². The normalized spacial score (nSPS) is 15.4. The highest BCUT2D eigenvalue weighted by molar-refractivity contribution is 5.86. The Morgan fingerprint density at radius 2 is 1.81 bits per heavy atom. The van der Waals surface area contributed by atoms with E-state index in [2.05, 4.69) is 5.32 Å². The lowest BCUT2D eigenvalue weighted by Gasteiger charge is -2.28. The molecule has 0 radical (unpaired) electrons. The number of fused-ring (bicyclic) bond motifs is 5. The van der Waals surface area contributed by atoms with Crippen molar-refractivity contribution in [3.05, 3.63) is 80.6 Å². The van der Waals surface area contributed by atoms with Crippen LogP contribution in [0.3, 0.4) is 0 Å². The summed E-state index contributed by atoms with van der Waals surface area (Å²) in [6.07, 6.45) is 1.81. The maximum Gasteiger partial charge on any atom is 0.331 e. The fraction of sp³-hybridized carbons (Fsp3) is 0.200. The van der Waals surface area contributed by atoms with Gasteiger partial charge in [-0.15, -0.1) is 0 Å². The van der Waals surface area contributed by atoms with Crippen LogP contribution in [-0.2, 0) is 14.1 Å². The fourth-order valence-corrected chi connectivity index (χ4v) is 3.93. The van der Waals surface area contributed by atoms with Gasteiger partial charge in [-0.25, -0.2) is 4.79 Å². The summed E-state index contributed by atoms with van der Waals surface area (Å²) >= 11 is 0. The van der Waals surface area contributed by atoms with Crippen LogP contribution in [0, 0.1) is 6.92 Å². The molecule has 0 spiro atoms. The summed E-state index contributed by atoms with van der Waals surface area (Å²) in [4.78, 5) is 25.3. The van der Waals surface area contributed by atoms with Gasteiger partial charge in [-0.3, -0.25) is 13.9 Å². The third-order valence-corrected chi connectivity index (χ3v) is 5.24. The first-order valence-corrected chi connectivity index (χ1v) is 8.70. The molecule has 136 valence electrons. The number of nitrogens with zero attached hydrogens (tertiary/aromatic N) is 3. The van der Waals surface area contributed by atoms with Gasteiger partial charge in [0.1, 0.15) is 17.6 Å². The lowest BCUT2D eigenvalue weighted by Crippen LogP contribution is -2.37. The van der Waals surface area contributed by atoms with E-state index in [-0.39, 0.29) is 17.3 Å². The molecular weight excluding hydrogens is 344 g/mol. The van der Waals surface area contributed by atoms with Gasteiger partial charge in [0.05, 0.1) is 28.0 Å². The number of hydrogen-bond donors (Lipinski definition) is 1. The van der Waals surface area contributed by atoms with E-state index < -0.39 is 0 Å². The second kappa shape index (κ2) is 5.26. The Bertz CT molecular complexity index is 1340. The standard InChI is InChI=1S/C20H18N4O3/c1-11-8-9-15(27-11)16-18-17-12(19(25)23(3)20(26)22(17)2)10-24(18)14-7-5-4-6-13(14)21-16/h4-10,16,21H,1-3H3. The Labute approximate surface area is 154 Å². The molecule has 27 heavy (non-hydrogen) atoms. The molecule has 7 nitrogen and oxygen atoms in total. The van der Waals surface area contributed by atoms with Crippen LogP contribution in [0.5, 0.6) is 0 Å². The largest absolute Gasteiger partial charge is 0.464 e. The molecular formula is C20H18N4O3. The number of rotatable bonds is 1. The minimum absolute atomic E-state index is 0.304. The van der Waals surface area contributed by atoms with E-state index >= 15 is 0 Å². The zero-order chi connectivity index (χ0) is 18.9. The van der Waals surface area contributed by atoms with Crippen molar-refractivity contribution in [3.63, 3.8) is 0 Å². The predicted octanol–water partition coefficient (Wildman–Crippen LogP) is 2.44. The van der Waals surface area contributed by atoms with Crippen molar-refractivity contribution in [1.82, 2.24) is 13.7 Å². The molecule has 4 heterocycles. The maximum absolute atomic E-state index is 12.8. The Morgan fingerprint density at radius 3 is 2.56 bits per heavy atom. The second-order valence-corrected chi connectivity index (χ2v) is 6.90. The summed E-state index contributed by atoms with van der Waals surface area (Å²) in [5.41, 5.74) is 2.64. The lowest BCUT2D eigenvalue weighted by molar-refractivity contribution is 0.469. The van der Waals surface area contributed by atoms with Crippen LogP contribution in [0.25, 0.3) is 16.6 Å². The fourth-order valence-electron chi connectivity index (χ4n) is 3.93. The van der Waals surface area contributed by atoms with Gasteiger partial charge in [0.15, 0.2) is 0 Å². The van der Waals surface area contributed by atoms with Crippen molar-refractivity contribution in [2.75, 3.05) is 5.32 Å². The summed E-state index contributed by atoms with van der Waals surface area (Å²) in [5, 5.41) is 4.00. The van der Waals surface area contributed by atoms with Gasteiger partial charge in [-0.05, 0) is 31.2 Å². The van der Waals surface area contributed by atoms with Crippen LogP contribution < -0.4 is 16.6 Å². The van der Waals surface area contributed by atoms with Gasteiger partial charge < -0.3 is 14.3 Å². The Morgan fingerprint density at radius 1 is 1.04 bits per heavy atom. The number of para-hydroxylation sites is 2. The summed E-state index contributed by atoms with van der Waals surface area (Å²) in [6.45, 7) is 1.89. The number of benzene rings is 1. The molecule has 7 heteroatoms. The molecule has 0 amide bonds. The lowest BCUT2D eigenvalue weighted by atomic mass is 10.1.